The predicted octanol–water partition coefficient (Wildman–Crippen LogP) is 6.11. The molecule has 0 aliphatic heterocycles. The number of nitrogens with zero attached hydrogens (tertiary/aromatic N) is 2. The maximum absolute atomic E-state index is 13.9. The molecule has 10 heteroatoms. The highest BCUT2D eigenvalue weighted by molar-refractivity contribution is 7.92. The summed E-state index contributed by atoms with van der Waals surface area (Å²) in [7, 11) is -3.64. The first-order valence-corrected chi connectivity index (χ1v) is 16.9. The molecule has 1 atom stereocenters. The van der Waals surface area contributed by atoms with Gasteiger partial charge in [-0.25, -0.2) is 12.8 Å². The van der Waals surface area contributed by atoms with E-state index in [0.29, 0.717) is 22.7 Å². The largest absolute Gasteiger partial charge is 0.352 e. The van der Waals surface area contributed by atoms with Crippen LogP contribution in [0.15, 0.2) is 78.9 Å². The zero-order chi connectivity index (χ0) is 30.8. The molecule has 3 aromatic carbocycles. The van der Waals surface area contributed by atoms with Crippen molar-refractivity contribution in [3.05, 3.63) is 101 Å². The number of halogens is 2. The minimum atomic E-state index is -3.64. The van der Waals surface area contributed by atoms with E-state index in [1.807, 2.05) is 30.3 Å². The molecule has 43 heavy (non-hydrogen) atoms. The molecule has 2 amide bonds. The van der Waals surface area contributed by atoms with Gasteiger partial charge in [0.15, 0.2) is 0 Å². The van der Waals surface area contributed by atoms with Gasteiger partial charge in [0, 0.05) is 37.0 Å². The van der Waals surface area contributed by atoms with Crippen molar-refractivity contribution in [3.63, 3.8) is 0 Å². The third kappa shape index (κ3) is 9.79. The lowest BCUT2D eigenvalue weighted by Gasteiger charge is -2.34. The van der Waals surface area contributed by atoms with Gasteiger partial charge in [-0.3, -0.25) is 13.9 Å². The van der Waals surface area contributed by atoms with E-state index in [4.69, 9.17) is 11.6 Å². The Bertz CT molecular complexity index is 1460. The summed E-state index contributed by atoms with van der Waals surface area (Å²) >= 11 is 6.11. The maximum atomic E-state index is 13.9. The van der Waals surface area contributed by atoms with Gasteiger partial charge in [-0.2, -0.15) is 0 Å². The maximum Gasteiger partial charge on any atom is 0.243 e. The quantitative estimate of drug-likeness (QED) is 0.248. The van der Waals surface area contributed by atoms with Crippen molar-refractivity contribution in [2.24, 2.45) is 0 Å². The number of hydrogen-bond acceptors (Lipinski definition) is 4. The van der Waals surface area contributed by atoms with Gasteiger partial charge in [-0.15, -0.1) is 0 Å². The highest BCUT2D eigenvalue weighted by Gasteiger charge is 2.32. The first-order chi connectivity index (χ1) is 20.6. The SMILES string of the molecule is CS(=O)(=O)N(CCCC(=O)N(Cc1ccc(F)cc1)[C@@H](Cc1ccccc1)C(=O)NC1CCCCC1)c1cccc(Cl)c1. The van der Waals surface area contributed by atoms with E-state index in [1.165, 1.54) is 16.4 Å². The molecule has 0 unspecified atom stereocenters. The van der Waals surface area contributed by atoms with E-state index in [1.54, 1.807) is 41.3 Å². The Balaban J connectivity index is 1.58. The summed E-state index contributed by atoms with van der Waals surface area (Å²) < 4.78 is 40.2. The fraction of sp³-hybridized carbons (Fsp3) is 0.394. The molecule has 0 heterocycles. The van der Waals surface area contributed by atoms with Gasteiger partial charge in [0.1, 0.15) is 11.9 Å². The number of hydrogen-bond donors (Lipinski definition) is 1. The molecule has 1 fully saturated rings. The van der Waals surface area contributed by atoms with Gasteiger partial charge in [0.05, 0.1) is 11.9 Å². The van der Waals surface area contributed by atoms with Crippen LogP contribution in [0, 0.1) is 5.82 Å². The molecule has 230 valence electrons. The van der Waals surface area contributed by atoms with E-state index in [9.17, 15) is 22.4 Å². The Hall–Kier alpha value is -3.43. The van der Waals surface area contributed by atoms with Gasteiger partial charge in [0.25, 0.3) is 0 Å². The molecule has 0 aromatic heterocycles. The lowest BCUT2D eigenvalue weighted by atomic mass is 9.94. The monoisotopic (exact) mass is 627 g/mol. The second-order valence-corrected chi connectivity index (χ2v) is 13.5. The molecule has 0 saturated heterocycles. The van der Waals surface area contributed by atoms with Crippen LogP contribution in [0.4, 0.5) is 10.1 Å². The molecule has 3 aromatic rings. The normalized spacial score (nSPS) is 14.6. The average molecular weight is 628 g/mol. The van der Waals surface area contributed by atoms with Crippen LogP contribution in [0.5, 0.6) is 0 Å². The molecule has 4 rings (SSSR count). The smallest absolute Gasteiger partial charge is 0.243 e. The molecule has 1 saturated carbocycles. The number of anilines is 1. The summed E-state index contributed by atoms with van der Waals surface area (Å²) in [5.74, 6) is -0.897. The number of carbonyl (C=O) groups excluding carboxylic acids is 2. The van der Waals surface area contributed by atoms with Crippen LogP contribution in [0.3, 0.4) is 0 Å². The fourth-order valence-corrected chi connectivity index (χ4v) is 6.66. The summed E-state index contributed by atoms with van der Waals surface area (Å²) in [6.07, 6.45) is 6.71. The average Bonchev–Trinajstić information content (AvgIpc) is 2.98. The van der Waals surface area contributed by atoms with Gasteiger partial charge >= 0.3 is 0 Å². The van der Waals surface area contributed by atoms with Crippen molar-refractivity contribution in [1.29, 1.82) is 0 Å². The zero-order valence-corrected chi connectivity index (χ0v) is 26.0. The van der Waals surface area contributed by atoms with E-state index >= 15 is 0 Å². The van der Waals surface area contributed by atoms with Crippen molar-refractivity contribution in [2.75, 3.05) is 17.1 Å². The number of carbonyl (C=O) groups is 2. The zero-order valence-electron chi connectivity index (χ0n) is 24.4. The Kier molecular flexibility index (Phi) is 11.6. The van der Waals surface area contributed by atoms with E-state index < -0.39 is 16.1 Å². The minimum absolute atomic E-state index is 0.00970. The summed E-state index contributed by atoms with van der Waals surface area (Å²) in [5.41, 5.74) is 2.02. The molecule has 0 spiro atoms. The summed E-state index contributed by atoms with van der Waals surface area (Å²) in [6, 6.07) is 21.2. The van der Waals surface area contributed by atoms with E-state index in [0.717, 1.165) is 43.9 Å². The van der Waals surface area contributed by atoms with Crippen molar-refractivity contribution in [2.45, 2.75) is 70.0 Å². The third-order valence-electron chi connectivity index (χ3n) is 7.74. The van der Waals surface area contributed by atoms with Crippen molar-refractivity contribution in [1.82, 2.24) is 10.2 Å². The Morgan fingerprint density at radius 1 is 0.953 bits per heavy atom. The number of nitrogens with one attached hydrogen (secondary N) is 1. The van der Waals surface area contributed by atoms with Gasteiger partial charge in [-0.1, -0.05) is 79.4 Å². The summed E-state index contributed by atoms with van der Waals surface area (Å²) in [5, 5.41) is 3.60. The standard InChI is InChI=1S/C33H39ClFN3O4S/c1-43(41,42)38(30-15-8-12-27(34)23-30)21-9-16-32(39)37(24-26-17-19-28(35)20-18-26)31(22-25-10-4-2-5-11-25)33(40)36-29-13-6-3-7-14-29/h2,4-5,8,10-12,15,17-20,23,29,31H,3,6-7,9,13-14,16,21-22,24H2,1H3,(H,36,40)/t31-/m0/s1. The molecular formula is C33H39ClFN3O4S. The van der Waals surface area contributed by atoms with Crippen LogP contribution in [0.2, 0.25) is 5.02 Å². The van der Waals surface area contributed by atoms with E-state index in [-0.39, 0.29) is 49.6 Å². The van der Waals surface area contributed by atoms with Crippen LogP contribution >= 0.6 is 11.6 Å². The second-order valence-electron chi connectivity index (χ2n) is 11.1. The summed E-state index contributed by atoms with van der Waals surface area (Å²) in [6.45, 7) is 0.172. The lowest BCUT2D eigenvalue weighted by Crippen LogP contribution is -2.52. The third-order valence-corrected chi connectivity index (χ3v) is 9.17. The molecule has 0 radical (unpaired) electrons. The first kappa shape index (κ1) is 32.5. The van der Waals surface area contributed by atoms with Crippen LogP contribution in [-0.2, 0) is 32.6 Å². The Morgan fingerprint density at radius 3 is 2.30 bits per heavy atom. The van der Waals surface area contributed by atoms with Crippen molar-refractivity contribution >= 4 is 39.1 Å². The predicted molar refractivity (Wildman–Crippen MR) is 169 cm³/mol. The highest BCUT2D eigenvalue weighted by atomic mass is 35.5. The molecule has 0 bridgehead atoms. The fourth-order valence-electron chi connectivity index (χ4n) is 5.52. The second kappa shape index (κ2) is 15.3. The van der Waals surface area contributed by atoms with Crippen LogP contribution < -0.4 is 9.62 Å². The van der Waals surface area contributed by atoms with E-state index in [2.05, 4.69) is 5.32 Å². The molecule has 1 aliphatic carbocycles. The van der Waals surface area contributed by atoms with Crippen LogP contribution in [0.25, 0.3) is 0 Å². The molecule has 7 nitrogen and oxygen atoms in total. The number of benzene rings is 3. The first-order valence-electron chi connectivity index (χ1n) is 14.7. The molecular weight excluding hydrogens is 589 g/mol. The number of rotatable bonds is 13. The van der Waals surface area contributed by atoms with Crippen molar-refractivity contribution < 1.29 is 22.4 Å². The van der Waals surface area contributed by atoms with Crippen molar-refractivity contribution in [3.8, 4) is 0 Å². The van der Waals surface area contributed by atoms with Gasteiger partial charge in [-0.05, 0) is 60.7 Å². The number of sulfonamides is 1. The molecule has 1 aliphatic rings. The highest BCUT2D eigenvalue weighted by Crippen LogP contribution is 2.24. The van der Waals surface area contributed by atoms with Crippen LogP contribution in [-0.4, -0.2) is 50.0 Å². The Morgan fingerprint density at radius 2 is 1.65 bits per heavy atom. The number of amides is 2. The molecule has 1 N–H and O–H groups in total. The summed E-state index contributed by atoms with van der Waals surface area (Å²) in [4.78, 5) is 29.4. The minimum Gasteiger partial charge on any atom is -0.352 e. The van der Waals surface area contributed by atoms with Gasteiger partial charge < -0.3 is 10.2 Å². The van der Waals surface area contributed by atoms with Crippen LogP contribution in [0.1, 0.15) is 56.1 Å². The Labute approximate surface area is 259 Å². The lowest BCUT2D eigenvalue weighted by molar-refractivity contribution is -0.141. The van der Waals surface area contributed by atoms with Gasteiger partial charge in [0.2, 0.25) is 21.8 Å². The topological polar surface area (TPSA) is 86.8 Å².